The van der Waals surface area contributed by atoms with Gasteiger partial charge >= 0.3 is 5.97 Å². The van der Waals surface area contributed by atoms with E-state index < -0.39 is 12.0 Å². The van der Waals surface area contributed by atoms with Crippen LogP contribution in [-0.2, 0) is 11.3 Å². The number of carboxylic acid groups (broad SMARTS) is 1. The summed E-state index contributed by atoms with van der Waals surface area (Å²) in [5.41, 5.74) is 0.655. The van der Waals surface area contributed by atoms with Gasteiger partial charge in [-0.1, -0.05) is 23.7 Å². The molecule has 110 valence electrons. The second-order valence-corrected chi connectivity index (χ2v) is 6.73. The molecule has 1 heterocycles. The summed E-state index contributed by atoms with van der Waals surface area (Å²) in [4.78, 5) is 16.9. The largest absolute Gasteiger partial charge is 0.480 e. The monoisotopic (exact) mass is 322 g/mol. The summed E-state index contributed by atoms with van der Waals surface area (Å²) in [5, 5.41) is 14.1. The Hall–Kier alpha value is -1.43. The van der Waals surface area contributed by atoms with E-state index >= 15 is 0 Å². The molecular weight excluding hydrogens is 308 g/mol. The lowest BCUT2D eigenvalue weighted by Crippen LogP contribution is -2.27. The maximum atomic E-state index is 11.4. The first kappa shape index (κ1) is 14.5. The van der Waals surface area contributed by atoms with Crippen molar-refractivity contribution in [2.24, 2.45) is 0 Å². The van der Waals surface area contributed by atoms with E-state index in [0.717, 1.165) is 4.88 Å². The predicted molar refractivity (Wildman–Crippen MR) is 82.8 cm³/mol. The molecule has 6 heteroatoms. The van der Waals surface area contributed by atoms with Gasteiger partial charge in [0.15, 0.2) is 0 Å². The molecule has 0 saturated heterocycles. The molecule has 2 N–H and O–H groups in total. The Labute approximate surface area is 131 Å². The first-order valence-electron chi connectivity index (χ1n) is 6.80. The number of aliphatic carboxylic acids is 1. The molecule has 2 aromatic rings. The minimum atomic E-state index is -0.913. The second-order valence-electron chi connectivity index (χ2n) is 5.15. The molecule has 1 fully saturated rings. The van der Waals surface area contributed by atoms with Crippen molar-refractivity contribution in [1.29, 1.82) is 0 Å². The van der Waals surface area contributed by atoms with E-state index in [2.05, 4.69) is 10.3 Å². The Bertz CT molecular complexity index is 655. The van der Waals surface area contributed by atoms with Crippen molar-refractivity contribution in [1.82, 2.24) is 10.3 Å². The molecule has 1 aliphatic rings. The molecule has 1 aromatic carbocycles. The van der Waals surface area contributed by atoms with Crippen molar-refractivity contribution >= 4 is 28.9 Å². The summed E-state index contributed by atoms with van der Waals surface area (Å²) in [6.07, 6.45) is 4.28. The molecule has 0 spiro atoms. The van der Waals surface area contributed by atoms with Crippen molar-refractivity contribution in [3.05, 3.63) is 50.9 Å². The highest BCUT2D eigenvalue weighted by molar-refractivity contribution is 7.11. The topological polar surface area (TPSA) is 62.2 Å². The molecule has 0 radical (unpaired) electrons. The zero-order chi connectivity index (χ0) is 14.8. The van der Waals surface area contributed by atoms with Gasteiger partial charge in [0.05, 0.1) is 5.01 Å². The number of benzene rings is 1. The van der Waals surface area contributed by atoms with Gasteiger partial charge in [0, 0.05) is 28.6 Å². The Balaban J connectivity index is 1.68. The second kappa shape index (κ2) is 6.13. The molecule has 0 bridgehead atoms. The van der Waals surface area contributed by atoms with E-state index in [0.29, 0.717) is 23.0 Å². The molecule has 4 nitrogen and oxygen atoms in total. The predicted octanol–water partition coefficient (Wildman–Crippen LogP) is 3.59. The highest BCUT2D eigenvalue weighted by atomic mass is 35.5. The summed E-state index contributed by atoms with van der Waals surface area (Å²) in [7, 11) is 0. The van der Waals surface area contributed by atoms with Crippen LogP contribution in [0.3, 0.4) is 0 Å². The van der Waals surface area contributed by atoms with Crippen LogP contribution < -0.4 is 5.32 Å². The standard InChI is InChI=1S/C15H15ClN2O2S/c16-11-3-1-2-10(6-11)13(15(19)20)17-7-12-8-18-14(21-12)9-4-5-9/h1-3,6,8-9,13,17H,4-5,7H2,(H,19,20). The number of nitrogens with one attached hydrogen (secondary N) is 1. The van der Waals surface area contributed by atoms with Crippen molar-refractivity contribution in [2.75, 3.05) is 0 Å². The number of thiazole rings is 1. The Morgan fingerprint density at radius 2 is 2.33 bits per heavy atom. The first-order chi connectivity index (χ1) is 10.1. The Morgan fingerprint density at radius 3 is 3.00 bits per heavy atom. The third kappa shape index (κ3) is 3.61. The number of hydrogen-bond acceptors (Lipinski definition) is 4. The van der Waals surface area contributed by atoms with E-state index in [9.17, 15) is 9.90 Å². The average molecular weight is 323 g/mol. The average Bonchev–Trinajstić information content (AvgIpc) is 3.19. The molecule has 1 unspecified atom stereocenters. The van der Waals surface area contributed by atoms with Crippen LogP contribution in [0.4, 0.5) is 0 Å². The molecule has 21 heavy (non-hydrogen) atoms. The van der Waals surface area contributed by atoms with Crippen LogP contribution >= 0.6 is 22.9 Å². The fourth-order valence-corrected chi connectivity index (χ4v) is 3.40. The maximum Gasteiger partial charge on any atom is 0.325 e. The summed E-state index contributed by atoms with van der Waals surface area (Å²) in [5.74, 6) is -0.281. The number of rotatable bonds is 6. The molecule has 1 aromatic heterocycles. The van der Waals surface area contributed by atoms with Crippen molar-refractivity contribution in [3.8, 4) is 0 Å². The number of hydrogen-bond donors (Lipinski definition) is 2. The van der Waals surface area contributed by atoms with Gasteiger partial charge in [-0.15, -0.1) is 11.3 Å². The molecule has 0 amide bonds. The zero-order valence-electron chi connectivity index (χ0n) is 11.3. The van der Waals surface area contributed by atoms with Gasteiger partial charge in [-0.25, -0.2) is 4.98 Å². The summed E-state index contributed by atoms with van der Waals surface area (Å²) < 4.78 is 0. The van der Waals surface area contributed by atoms with Crippen LogP contribution in [0.5, 0.6) is 0 Å². The molecule has 3 rings (SSSR count). The molecule has 1 saturated carbocycles. The summed E-state index contributed by atoms with van der Waals surface area (Å²) >= 11 is 7.59. The lowest BCUT2D eigenvalue weighted by molar-refractivity contribution is -0.139. The fraction of sp³-hybridized carbons (Fsp3) is 0.333. The third-order valence-corrected chi connectivity index (χ3v) is 4.80. The van der Waals surface area contributed by atoms with Crippen LogP contribution in [0, 0.1) is 0 Å². The quantitative estimate of drug-likeness (QED) is 0.853. The maximum absolute atomic E-state index is 11.4. The summed E-state index contributed by atoms with van der Waals surface area (Å²) in [6.45, 7) is 0.494. The number of aromatic nitrogens is 1. The Kier molecular flexibility index (Phi) is 4.24. The summed E-state index contributed by atoms with van der Waals surface area (Å²) in [6, 6.07) is 6.16. The van der Waals surface area contributed by atoms with Gasteiger partial charge in [-0.2, -0.15) is 0 Å². The number of carbonyl (C=O) groups is 1. The van der Waals surface area contributed by atoms with E-state index in [1.807, 2.05) is 6.20 Å². The first-order valence-corrected chi connectivity index (χ1v) is 7.99. The van der Waals surface area contributed by atoms with Crippen LogP contribution in [0.15, 0.2) is 30.5 Å². The van der Waals surface area contributed by atoms with Gasteiger partial charge in [0.25, 0.3) is 0 Å². The van der Waals surface area contributed by atoms with Crippen LogP contribution in [0.2, 0.25) is 5.02 Å². The minimum Gasteiger partial charge on any atom is -0.480 e. The SMILES string of the molecule is O=C(O)C(NCc1cnc(C2CC2)s1)c1cccc(Cl)c1. The van der Waals surface area contributed by atoms with Crippen LogP contribution in [-0.4, -0.2) is 16.1 Å². The van der Waals surface area contributed by atoms with Gasteiger partial charge < -0.3 is 5.11 Å². The highest BCUT2D eigenvalue weighted by Gasteiger charge is 2.27. The van der Waals surface area contributed by atoms with Gasteiger partial charge in [-0.3, -0.25) is 10.1 Å². The number of halogens is 1. The van der Waals surface area contributed by atoms with Crippen LogP contribution in [0.1, 0.15) is 40.2 Å². The van der Waals surface area contributed by atoms with E-state index in [1.165, 1.54) is 17.8 Å². The van der Waals surface area contributed by atoms with Crippen LogP contribution in [0.25, 0.3) is 0 Å². The lowest BCUT2D eigenvalue weighted by Gasteiger charge is -2.14. The third-order valence-electron chi connectivity index (χ3n) is 3.41. The molecule has 0 aliphatic heterocycles. The zero-order valence-corrected chi connectivity index (χ0v) is 12.8. The van der Waals surface area contributed by atoms with Gasteiger partial charge in [-0.05, 0) is 30.5 Å². The number of nitrogens with zero attached hydrogens (tertiary/aromatic N) is 1. The van der Waals surface area contributed by atoms with Gasteiger partial charge in [0.1, 0.15) is 6.04 Å². The van der Waals surface area contributed by atoms with E-state index in [4.69, 9.17) is 11.6 Å². The smallest absolute Gasteiger partial charge is 0.325 e. The molecule has 1 aliphatic carbocycles. The normalized spacial score (nSPS) is 15.9. The fourth-order valence-electron chi connectivity index (χ4n) is 2.16. The Morgan fingerprint density at radius 1 is 1.52 bits per heavy atom. The molecular formula is C15H15ClN2O2S. The van der Waals surface area contributed by atoms with Crippen molar-refractivity contribution < 1.29 is 9.90 Å². The molecule has 1 atom stereocenters. The minimum absolute atomic E-state index is 0.494. The number of carboxylic acids is 1. The lowest BCUT2D eigenvalue weighted by atomic mass is 10.1. The van der Waals surface area contributed by atoms with Crippen molar-refractivity contribution in [2.45, 2.75) is 31.3 Å². The van der Waals surface area contributed by atoms with E-state index in [-0.39, 0.29) is 0 Å². The van der Waals surface area contributed by atoms with E-state index in [1.54, 1.807) is 35.6 Å². The van der Waals surface area contributed by atoms with Gasteiger partial charge in [0.2, 0.25) is 0 Å². The highest BCUT2D eigenvalue weighted by Crippen LogP contribution is 2.41. The van der Waals surface area contributed by atoms with Crippen molar-refractivity contribution in [3.63, 3.8) is 0 Å².